The van der Waals surface area contributed by atoms with Crippen molar-refractivity contribution >= 4 is 11.3 Å². The Kier molecular flexibility index (Phi) is 4.61. The first-order chi connectivity index (χ1) is 9.10. The zero-order chi connectivity index (χ0) is 13.8. The lowest BCUT2D eigenvalue weighted by Gasteiger charge is -2.14. The zero-order valence-electron chi connectivity index (χ0n) is 11.8. The Hall–Kier alpha value is -1.32. The minimum Gasteiger partial charge on any atom is -0.488 e. The molecule has 102 valence electrons. The quantitative estimate of drug-likeness (QED) is 0.886. The standard InChI is InChI=1S/C16H21NOS/c1-4-13-6-7-14(19-13)10-18-16-8-5-11(2)9-15(16)12(3)17/h5-9,12H,4,10,17H2,1-3H3/t12-/m1/s1. The van der Waals surface area contributed by atoms with Crippen molar-refractivity contribution in [2.24, 2.45) is 5.73 Å². The molecule has 0 saturated carbocycles. The van der Waals surface area contributed by atoms with Crippen LogP contribution in [0.4, 0.5) is 0 Å². The third-order valence-corrected chi connectivity index (χ3v) is 4.29. The number of rotatable bonds is 5. The number of hydrogen-bond acceptors (Lipinski definition) is 3. The van der Waals surface area contributed by atoms with Crippen molar-refractivity contribution in [3.05, 3.63) is 51.2 Å². The van der Waals surface area contributed by atoms with Gasteiger partial charge in [-0.3, -0.25) is 0 Å². The Morgan fingerprint density at radius 3 is 2.58 bits per heavy atom. The topological polar surface area (TPSA) is 35.2 Å². The molecule has 0 radical (unpaired) electrons. The van der Waals surface area contributed by atoms with Crippen LogP contribution in [0.25, 0.3) is 0 Å². The molecule has 3 heteroatoms. The van der Waals surface area contributed by atoms with Crippen LogP contribution in [-0.2, 0) is 13.0 Å². The van der Waals surface area contributed by atoms with Gasteiger partial charge in [-0.25, -0.2) is 0 Å². The number of aryl methyl sites for hydroxylation is 2. The Bertz CT molecular complexity index is 545. The Morgan fingerprint density at radius 2 is 1.95 bits per heavy atom. The van der Waals surface area contributed by atoms with Gasteiger partial charge in [0.2, 0.25) is 0 Å². The van der Waals surface area contributed by atoms with Gasteiger partial charge in [-0.05, 0) is 38.5 Å². The fourth-order valence-corrected chi connectivity index (χ4v) is 2.87. The van der Waals surface area contributed by atoms with Crippen molar-refractivity contribution < 1.29 is 4.74 Å². The van der Waals surface area contributed by atoms with Crippen molar-refractivity contribution in [3.63, 3.8) is 0 Å². The molecule has 0 saturated heterocycles. The summed E-state index contributed by atoms with van der Waals surface area (Å²) in [7, 11) is 0. The number of nitrogens with two attached hydrogens (primary N) is 1. The second-order valence-electron chi connectivity index (χ2n) is 4.84. The predicted octanol–water partition coefficient (Wildman–Crippen LogP) is 4.22. The molecule has 0 bridgehead atoms. The fraction of sp³-hybridized carbons (Fsp3) is 0.375. The van der Waals surface area contributed by atoms with Gasteiger partial charge in [0, 0.05) is 21.4 Å². The van der Waals surface area contributed by atoms with Crippen LogP contribution in [0, 0.1) is 6.92 Å². The minimum absolute atomic E-state index is 0.00978. The molecule has 1 aromatic carbocycles. The van der Waals surface area contributed by atoms with Crippen molar-refractivity contribution in [3.8, 4) is 5.75 Å². The molecule has 0 aliphatic carbocycles. The summed E-state index contributed by atoms with van der Waals surface area (Å²) in [5, 5.41) is 0. The highest BCUT2D eigenvalue weighted by molar-refractivity contribution is 7.11. The smallest absolute Gasteiger partial charge is 0.124 e. The minimum atomic E-state index is -0.00978. The molecule has 1 aromatic heterocycles. The first-order valence-corrected chi connectivity index (χ1v) is 7.48. The summed E-state index contributed by atoms with van der Waals surface area (Å²) in [6, 6.07) is 10.5. The van der Waals surface area contributed by atoms with Crippen molar-refractivity contribution in [1.82, 2.24) is 0 Å². The van der Waals surface area contributed by atoms with Gasteiger partial charge >= 0.3 is 0 Å². The first-order valence-electron chi connectivity index (χ1n) is 6.66. The van der Waals surface area contributed by atoms with Crippen LogP contribution in [0.3, 0.4) is 0 Å². The van der Waals surface area contributed by atoms with E-state index in [-0.39, 0.29) is 6.04 Å². The molecule has 0 aliphatic rings. The van der Waals surface area contributed by atoms with E-state index in [2.05, 4.69) is 38.1 Å². The van der Waals surface area contributed by atoms with Gasteiger partial charge in [0.25, 0.3) is 0 Å². The van der Waals surface area contributed by atoms with E-state index in [0.717, 1.165) is 17.7 Å². The average molecular weight is 275 g/mol. The highest BCUT2D eigenvalue weighted by atomic mass is 32.1. The van der Waals surface area contributed by atoms with Gasteiger partial charge in [0.15, 0.2) is 0 Å². The maximum atomic E-state index is 6.00. The molecule has 1 heterocycles. The van der Waals surface area contributed by atoms with Crippen LogP contribution in [-0.4, -0.2) is 0 Å². The Labute approximate surface area is 119 Å². The second-order valence-corrected chi connectivity index (χ2v) is 6.09. The first kappa shape index (κ1) is 14.1. The molecule has 2 rings (SSSR count). The van der Waals surface area contributed by atoms with Crippen LogP contribution in [0.5, 0.6) is 5.75 Å². The summed E-state index contributed by atoms with van der Waals surface area (Å²) in [4.78, 5) is 2.66. The maximum Gasteiger partial charge on any atom is 0.124 e. The Morgan fingerprint density at radius 1 is 1.21 bits per heavy atom. The van der Waals surface area contributed by atoms with E-state index in [4.69, 9.17) is 10.5 Å². The molecule has 2 aromatic rings. The van der Waals surface area contributed by atoms with E-state index < -0.39 is 0 Å². The summed E-state index contributed by atoms with van der Waals surface area (Å²) < 4.78 is 5.93. The van der Waals surface area contributed by atoms with Gasteiger partial charge in [0.05, 0.1) is 0 Å². The molecule has 0 fully saturated rings. The third kappa shape index (κ3) is 3.58. The molecule has 2 nitrogen and oxygen atoms in total. The lowest BCUT2D eigenvalue weighted by molar-refractivity contribution is 0.305. The lowest BCUT2D eigenvalue weighted by Crippen LogP contribution is -2.08. The molecular weight excluding hydrogens is 254 g/mol. The lowest BCUT2D eigenvalue weighted by atomic mass is 10.1. The molecule has 0 aliphatic heterocycles. The number of hydrogen-bond donors (Lipinski definition) is 1. The molecule has 2 N–H and O–H groups in total. The molecule has 0 unspecified atom stereocenters. The largest absolute Gasteiger partial charge is 0.488 e. The van der Waals surface area contributed by atoms with Crippen molar-refractivity contribution in [1.29, 1.82) is 0 Å². The van der Waals surface area contributed by atoms with E-state index in [1.807, 2.05) is 24.3 Å². The molecule has 0 amide bonds. The van der Waals surface area contributed by atoms with Gasteiger partial charge in [-0.15, -0.1) is 11.3 Å². The van der Waals surface area contributed by atoms with Gasteiger partial charge < -0.3 is 10.5 Å². The van der Waals surface area contributed by atoms with E-state index >= 15 is 0 Å². The number of benzene rings is 1. The van der Waals surface area contributed by atoms with E-state index in [1.165, 1.54) is 15.3 Å². The molecule has 1 atom stereocenters. The highest BCUT2D eigenvalue weighted by Crippen LogP contribution is 2.27. The second kappa shape index (κ2) is 6.22. The summed E-state index contributed by atoms with van der Waals surface area (Å²) in [5.41, 5.74) is 8.29. The number of ether oxygens (including phenoxy) is 1. The SMILES string of the molecule is CCc1ccc(COc2ccc(C)cc2[C@@H](C)N)s1. The third-order valence-electron chi connectivity index (χ3n) is 3.09. The van der Waals surface area contributed by atoms with E-state index in [0.29, 0.717) is 6.61 Å². The summed E-state index contributed by atoms with van der Waals surface area (Å²) in [6.07, 6.45) is 1.08. The Balaban J connectivity index is 2.10. The number of thiophene rings is 1. The monoisotopic (exact) mass is 275 g/mol. The van der Waals surface area contributed by atoms with Crippen LogP contribution >= 0.6 is 11.3 Å². The molecule has 0 spiro atoms. The van der Waals surface area contributed by atoms with E-state index in [9.17, 15) is 0 Å². The van der Waals surface area contributed by atoms with Crippen molar-refractivity contribution in [2.45, 2.75) is 39.8 Å². The highest BCUT2D eigenvalue weighted by Gasteiger charge is 2.09. The fourth-order valence-electron chi connectivity index (χ4n) is 1.99. The average Bonchev–Trinajstić information content (AvgIpc) is 2.85. The normalized spacial score (nSPS) is 12.4. The molecular formula is C16H21NOS. The van der Waals surface area contributed by atoms with Crippen molar-refractivity contribution in [2.75, 3.05) is 0 Å². The van der Waals surface area contributed by atoms with Crippen LogP contribution < -0.4 is 10.5 Å². The molecule has 19 heavy (non-hydrogen) atoms. The predicted molar refractivity (Wildman–Crippen MR) is 81.8 cm³/mol. The van der Waals surface area contributed by atoms with Gasteiger partial charge in [-0.1, -0.05) is 24.6 Å². The summed E-state index contributed by atoms with van der Waals surface area (Å²) in [6.45, 7) is 6.85. The van der Waals surface area contributed by atoms with Gasteiger partial charge in [-0.2, -0.15) is 0 Å². The maximum absolute atomic E-state index is 6.00. The van der Waals surface area contributed by atoms with Gasteiger partial charge in [0.1, 0.15) is 12.4 Å². The van der Waals surface area contributed by atoms with E-state index in [1.54, 1.807) is 0 Å². The van der Waals surface area contributed by atoms with Crippen LogP contribution in [0.2, 0.25) is 0 Å². The summed E-state index contributed by atoms with van der Waals surface area (Å²) in [5.74, 6) is 0.895. The van der Waals surface area contributed by atoms with Crippen LogP contribution in [0.15, 0.2) is 30.3 Å². The zero-order valence-corrected chi connectivity index (χ0v) is 12.6. The van der Waals surface area contributed by atoms with Crippen LogP contribution in [0.1, 0.15) is 40.8 Å². The summed E-state index contributed by atoms with van der Waals surface area (Å²) >= 11 is 1.81.